The molecule has 0 bridgehead atoms. The van der Waals surface area contributed by atoms with E-state index in [1.54, 1.807) is 6.92 Å². The van der Waals surface area contributed by atoms with Gasteiger partial charge < -0.3 is 31.3 Å². The van der Waals surface area contributed by atoms with Gasteiger partial charge in [-0.25, -0.2) is 9.48 Å². The molecular weight excluding hydrogens is 576 g/mol. The molecule has 15 nitrogen and oxygen atoms in total. The molecule has 6 rings (SSSR count). The average Bonchev–Trinajstić information content (AvgIpc) is 3.68. The molecule has 0 saturated carbocycles. The molecule has 0 radical (unpaired) electrons. The van der Waals surface area contributed by atoms with E-state index in [1.807, 2.05) is 11.8 Å². The highest BCUT2D eigenvalue weighted by Gasteiger charge is 2.60. The summed E-state index contributed by atoms with van der Waals surface area (Å²) in [6.07, 6.45) is 3.88. The number of fused-ring (bicyclic) bond motifs is 1. The number of carboxylic acid groups (broad SMARTS) is 1. The Balaban J connectivity index is 1.03. The van der Waals surface area contributed by atoms with Crippen molar-refractivity contribution in [2.24, 2.45) is 23.5 Å². The number of rotatable bonds is 10. The van der Waals surface area contributed by atoms with E-state index in [9.17, 15) is 24.3 Å². The number of aliphatic carboxylic acids is 1. The summed E-state index contributed by atoms with van der Waals surface area (Å²) in [4.78, 5) is 57.9. The second-order valence-electron chi connectivity index (χ2n) is 12.4. The maximum Gasteiger partial charge on any atom is 0.353 e. The molecule has 6 heterocycles. The number of carbonyl (C=O) groups is 4. The molecule has 4 saturated heterocycles. The van der Waals surface area contributed by atoms with Crippen molar-refractivity contribution < 1.29 is 24.3 Å². The zero-order chi connectivity index (χ0) is 30.4. The molecule has 1 unspecified atom stereocenters. The van der Waals surface area contributed by atoms with Gasteiger partial charge in [-0.05, 0) is 49.1 Å². The van der Waals surface area contributed by atoms with Gasteiger partial charge in [0.1, 0.15) is 18.6 Å². The molecule has 1 aromatic heterocycles. The molecular formula is C27H40N10O5S. The summed E-state index contributed by atoms with van der Waals surface area (Å²) in [6.45, 7) is 8.56. The van der Waals surface area contributed by atoms with Crippen molar-refractivity contribution in [1.82, 2.24) is 45.5 Å². The molecule has 6 atom stereocenters. The SMILES string of the molecule is C[C@H]1C(S[C@@H]2CN[C@H](C(=O)N3CCC(N4CC(CN)C4)CC3)C2)=C(C(=O)O)N2C(=O)[C@H]([C@@H](C)NC(=O)Cn3cnnn3)C12. The predicted octanol–water partition coefficient (Wildman–Crippen LogP) is -1.70. The topological polar surface area (TPSA) is 192 Å². The number of amides is 3. The Hall–Kier alpha value is -3.08. The number of hydrogen-bond donors (Lipinski definition) is 4. The molecule has 3 amide bonds. The molecule has 5 N–H and O–H groups in total. The Labute approximate surface area is 253 Å². The summed E-state index contributed by atoms with van der Waals surface area (Å²) < 4.78 is 1.29. The third-order valence-corrected chi connectivity index (χ3v) is 11.2. The van der Waals surface area contributed by atoms with Crippen LogP contribution in [0.4, 0.5) is 0 Å². The van der Waals surface area contributed by atoms with Gasteiger partial charge in [-0.2, -0.15) is 0 Å². The normalized spacial score (nSPS) is 30.7. The molecule has 5 aliphatic rings. The van der Waals surface area contributed by atoms with Gasteiger partial charge in [0.05, 0.1) is 18.0 Å². The van der Waals surface area contributed by atoms with Crippen molar-refractivity contribution in [2.75, 3.05) is 39.3 Å². The van der Waals surface area contributed by atoms with Gasteiger partial charge in [0.15, 0.2) is 0 Å². The smallest absolute Gasteiger partial charge is 0.353 e. The number of carboxylic acids is 1. The highest BCUT2D eigenvalue weighted by molar-refractivity contribution is 8.03. The van der Waals surface area contributed by atoms with Crippen molar-refractivity contribution in [2.45, 2.75) is 69.1 Å². The second-order valence-corrected chi connectivity index (χ2v) is 13.8. The number of nitrogens with one attached hydrogen (secondary N) is 2. The van der Waals surface area contributed by atoms with Crippen molar-refractivity contribution in [3.05, 3.63) is 16.9 Å². The Morgan fingerprint density at radius 3 is 2.65 bits per heavy atom. The van der Waals surface area contributed by atoms with Crippen LogP contribution in [0.3, 0.4) is 0 Å². The lowest BCUT2D eigenvalue weighted by molar-refractivity contribution is -0.158. The number of likely N-dealkylation sites (tertiary alicyclic amines) is 2. The minimum atomic E-state index is -1.14. The highest BCUT2D eigenvalue weighted by Crippen LogP contribution is 2.52. The quantitative estimate of drug-likeness (QED) is 0.218. The molecule has 1 aromatic rings. The fourth-order valence-electron chi connectivity index (χ4n) is 7.38. The fourth-order valence-corrected chi connectivity index (χ4v) is 8.85. The Morgan fingerprint density at radius 1 is 1.26 bits per heavy atom. The van der Waals surface area contributed by atoms with Crippen molar-refractivity contribution >= 4 is 35.5 Å². The summed E-state index contributed by atoms with van der Waals surface area (Å²) in [5, 5.41) is 27.0. The monoisotopic (exact) mass is 616 g/mol. The minimum Gasteiger partial charge on any atom is -0.477 e. The zero-order valence-corrected chi connectivity index (χ0v) is 25.3. The summed E-state index contributed by atoms with van der Waals surface area (Å²) in [7, 11) is 0. The maximum atomic E-state index is 13.4. The van der Waals surface area contributed by atoms with Crippen LogP contribution in [0, 0.1) is 17.8 Å². The minimum absolute atomic E-state index is 0.00763. The third-order valence-electron chi connectivity index (χ3n) is 9.71. The number of hydrogen-bond acceptors (Lipinski definition) is 11. The van der Waals surface area contributed by atoms with E-state index >= 15 is 0 Å². The molecule has 43 heavy (non-hydrogen) atoms. The molecule has 0 spiro atoms. The molecule has 16 heteroatoms. The number of thioether (sulfide) groups is 1. The number of β-lactam (4-membered cyclic amide) rings is 1. The number of nitrogens with zero attached hydrogens (tertiary/aromatic N) is 7. The molecule has 5 aliphatic heterocycles. The van der Waals surface area contributed by atoms with Crippen molar-refractivity contribution in [1.29, 1.82) is 0 Å². The fraction of sp³-hybridized carbons (Fsp3) is 0.741. The van der Waals surface area contributed by atoms with Gasteiger partial charge in [-0.15, -0.1) is 16.9 Å². The summed E-state index contributed by atoms with van der Waals surface area (Å²) in [6, 6.07) is -0.630. The van der Waals surface area contributed by atoms with Gasteiger partial charge in [0, 0.05) is 60.9 Å². The van der Waals surface area contributed by atoms with Crippen LogP contribution in [0.25, 0.3) is 0 Å². The second kappa shape index (κ2) is 12.1. The Morgan fingerprint density at radius 2 is 2.00 bits per heavy atom. The van der Waals surface area contributed by atoms with Gasteiger partial charge in [0.2, 0.25) is 17.7 Å². The maximum absolute atomic E-state index is 13.4. The highest BCUT2D eigenvalue weighted by atomic mass is 32.2. The first kappa shape index (κ1) is 30.0. The number of tetrazole rings is 1. The predicted molar refractivity (Wildman–Crippen MR) is 155 cm³/mol. The van der Waals surface area contributed by atoms with Crippen LogP contribution in [0.2, 0.25) is 0 Å². The van der Waals surface area contributed by atoms with Crippen LogP contribution in [-0.4, -0.2) is 132 Å². The largest absolute Gasteiger partial charge is 0.477 e. The number of carbonyl (C=O) groups excluding carboxylic acids is 3. The van der Waals surface area contributed by atoms with Crippen LogP contribution in [0.15, 0.2) is 16.9 Å². The van der Waals surface area contributed by atoms with E-state index in [4.69, 9.17) is 5.73 Å². The molecule has 0 aromatic carbocycles. The molecule has 0 aliphatic carbocycles. The van der Waals surface area contributed by atoms with Gasteiger partial charge in [-0.3, -0.25) is 19.3 Å². The first-order valence-electron chi connectivity index (χ1n) is 15.1. The summed E-state index contributed by atoms with van der Waals surface area (Å²) in [5.74, 6) is -1.83. The van der Waals surface area contributed by atoms with E-state index in [0.717, 1.165) is 45.6 Å². The van der Waals surface area contributed by atoms with Crippen LogP contribution in [0.5, 0.6) is 0 Å². The van der Waals surface area contributed by atoms with Crippen LogP contribution in [-0.2, 0) is 25.7 Å². The number of aromatic nitrogens is 4. The lowest BCUT2D eigenvalue weighted by atomic mass is 9.78. The molecule has 234 valence electrons. The van der Waals surface area contributed by atoms with Gasteiger partial charge >= 0.3 is 5.97 Å². The number of nitrogens with two attached hydrogens (primary N) is 1. The summed E-state index contributed by atoms with van der Waals surface area (Å²) >= 11 is 1.47. The Bertz CT molecular complexity index is 1280. The lowest BCUT2D eigenvalue weighted by Gasteiger charge is -2.47. The van der Waals surface area contributed by atoms with Crippen molar-refractivity contribution in [3.8, 4) is 0 Å². The first-order chi connectivity index (χ1) is 20.7. The molecule has 4 fully saturated rings. The van der Waals surface area contributed by atoms with E-state index in [-0.39, 0.29) is 53.2 Å². The van der Waals surface area contributed by atoms with E-state index < -0.39 is 17.9 Å². The van der Waals surface area contributed by atoms with Gasteiger partial charge in [0.25, 0.3) is 0 Å². The number of piperidine rings is 1. The van der Waals surface area contributed by atoms with Crippen LogP contribution < -0.4 is 16.4 Å². The first-order valence-corrected chi connectivity index (χ1v) is 16.0. The van der Waals surface area contributed by atoms with Crippen LogP contribution >= 0.6 is 11.8 Å². The lowest BCUT2D eigenvalue weighted by Crippen LogP contribution is -2.66. The summed E-state index contributed by atoms with van der Waals surface area (Å²) in [5.41, 5.74) is 5.79. The van der Waals surface area contributed by atoms with Crippen molar-refractivity contribution in [3.63, 3.8) is 0 Å². The van der Waals surface area contributed by atoms with E-state index in [0.29, 0.717) is 29.8 Å². The third kappa shape index (κ3) is 5.65. The van der Waals surface area contributed by atoms with Gasteiger partial charge in [-0.1, -0.05) is 6.92 Å². The van der Waals surface area contributed by atoms with E-state index in [1.165, 1.54) is 27.7 Å². The van der Waals surface area contributed by atoms with Crippen LogP contribution in [0.1, 0.15) is 33.1 Å². The zero-order valence-electron chi connectivity index (χ0n) is 24.5. The Kier molecular flexibility index (Phi) is 8.45. The standard InChI is InChI=1S/C27H40N10O5S/c1-14-22-21(15(2)31-20(38)12-36-13-30-32-33-36)26(40)37(22)23(27(41)42)24(14)43-18-7-19(29-9-18)25(39)34-5-3-17(4-6-34)35-10-16(8-28)11-35/h13-19,21-22,29H,3-12,28H2,1-2H3,(H,31,38)(H,41,42)/t14-,15-,18+,19+,21-,22?/m1/s1. The average molecular weight is 617 g/mol. The van der Waals surface area contributed by atoms with E-state index in [2.05, 4.69) is 31.1 Å².